The molecule has 8 heteroatoms. The number of ether oxygens (including phenoxy) is 2. The molecule has 174 valence electrons. The standard InChI is InChI=1S/C25H29N3O5/c1-3-32-19-11-13-21(14-12-19)33-20-9-7-18(8-10-20)26-22(29)16-28-23(30)25(27-24(28)31)15-5-4-6-17(25)2/h7-14,17H,3-6,15-16H2,1-2H3,(H,26,29)(H,27,31)/t17-,25-/m0/s1. The Morgan fingerprint density at radius 2 is 1.70 bits per heavy atom. The average Bonchev–Trinajstić information content (AvgIpc) is 3.03. The van der Waals surface area contributed by atoms with Gasteiger partial charge in [0, 0.05) is 5.69 Å². The zero-order valence-electron chi connectivity index (χ0n) is 18.9. The lowest BCUT2D eigenvalue weighted by Gasteiger charge is -2.36. The van der Waals surface area contributed by atoms with Gasteiger partial charge in [-0.15, -0.1) is 0 Å². The van der Waals surface area contributed by atoms with E-state index in [4.69, 9.17) is 9.47 Å². The molecule has 1 saturated carbocycles. The summed E-state index contributed by atoms with van der Waals surface area (Å²) in [5.41, 5.74) is -0.318. The normalized spacial score (nSPS) is 22.2. The minimum atomic E-state index is -0.866. The number of nitrogens with one attached hydrogen (secondary N) is 2. The van der Waals surface area contributed by atoms with Crippen LogP contribution in [0, 0.1) is 5.92 Å². The van der Waals surface area contributed by atoms with Gasteiger partial charge in [0.25, 0.3) is 5.91 Å². The summed E-state index contributed by atoms with van der Waals surface area (Å²) in [6, 6.07) is 13.7. The first kappa shape index (κ1) is 22.6. The van der Waals surface area contributed by atoms with E-state index in [1.165, 1.54) is 0 Å². The van der Waals surface area contributed by atoms with E-state index in [1.54, 1.807) is 24.3 Å². The molecule has 0 bridgehead atoms. The minimum Gasteiger partial charge on any atom is -0.494 e. The third-order valence-electron chi connectivity index (χ3n) is 6.31. The number of nitrogens with zero attached hydrogens (tertiary/aromatic N) is 1. The number of benzene rings is 2. The van der Waals surface area contributed by atoms with Gasteiger partial charge in [-0.05, 0) is 74.2 Å². The van der Waals surface area contributed by atoms with Crippen molar-refractivity contribution in [1.29, 1.82) is 0 Å². The van der Waals surface area contributed by atoms with Gasteiger partial charge in [-0.3, -0.25) is 14.5 Å². The molecule has 0 unspecified atom stereocenters. The molecule has 1 saturated heterocycles. The first-order valence-corrected chi connectivity index (χ1v) is 11.4. The fourth-order valence-electron chi connectivity index (χ4n) is 4.50. The zero-order valence-corrected chi connectivity index (χ0v) is 18.9. The van der Waals surface area contributed by atoms with Gasteiger partial charge >= 0.3 is 6.03 Å². The van der Waals surface area contributed by atoms with E-state index in [9.17, 15) is 14.4 Å². The van der Waals surface area contributed by atoms with Crippen molar-refractivity contribution in [2.75, 3.05) is 18.5 Å². The maximum absolute atomic E-state index is 13.0. The summed E-state index contributed by atoms with van der Waals surface area (Å²) in [6.45, 7) is 4.20. The fourth-order valence-corrected chi connectivity index (χ4v) is 4.50. The van der Waals surface area contributed by atoms with E-state index in [-0.39, 0.29) is 18.4 Å². The summed E-state index contributed by atoms with van der Waals surface area (Å²) in [5.74, 6) is 1.38. The number of rotatable bonds is 7. The third-order valence-corrected chi connectivity index (χ3v) is 6.31. The summed E-state index contributed by atoms with van der Waals surface area (Å²) in [4.78, 5) is 39.0. The molecule has 1 spiro atoms. The fraction of sp³-hybridized carbons (Fsp3) is 0.400. The van der Waals surface area contributed by atoms with Gasteiger partial charge < -0.3 is 20.1 Å². The number of anilines is 1. The Hall–Kier alpha value is -3.55. The molecule has 2 N–H and O–H groups in total. The zero-order chi connectivity index (χ0) is 23.4. The highest BCUT2D eigenvalue weighted by molar-refractivity contribution is 6.10. The van der Waals surface area contributed by atoms with Crippen molar-refractivity contribution in [1.82, 2.24) is 10.2 Å². The van der Waals surface area contributed by atoms with Crippen LogP contribution in [0.3, 0.4) is 0 Å². The Morgan fingerprint density at radius 3 is 2.33 bits per heavy atom. The SMILES string of the molecule is CCOc1ccc(Oc2ccc(NC(=O)CN3C(=O)N[C@]4(CCCC[C@@H]4C)C3=O)cc2)cc1. The molecule has 4 rings (SSSR count). The molecule has 2 fully saturated rings. The highest BCUT2D eigenvalue weighted by atomic mass is 16.5. The quantitative estimate of drug-likeness (QED) is 0.611. The largest absolute Gasteiger partial charge is 0.494 e. The molecular weight excluding hydrogens is 422 g/mol. The molecule has 2 aromatic rings. The van der Waals surface area contributed by atoms with Crippen molar-refractivity contribution in [3.63, 3.8) is 0 Å². The predicted octanol–water partition coefficient (Wildman–Crippen LogP) is 4.32. The summed E-state index contributed by atoms with van der Waals surface area (Å²) >= 11 is 0. The van der Waals surface area contributed by atoms with Gasteiger partial charge in [0.2, 0.25) is 5.91 Å². The second-order valence-electron chi connectivity index (χ2n) is 8.52. The maximum Gasteiger partial charge on any atom is 0.325 e. The van der Waals surface area contributed by atoms with Gasteiger partial charge in [0.1, 0.15) is 29.3 Å². The Bertz CT molecular complexity index is 1020. The number of amides is 4. The number of hydrogen-bond acceptors (Lipinski definition) is 5. The molecule has 0 radical (unpaired) electrons. The number of imide groups is 1. The lowest BCUT2D eigenvalue weighted by atomic mass is 9.73. The summed E-state index contributed by atoms with van der Waals surface area (Å²) in [7, 11) is 0. The number of hydrogen-bond donors (Lipinski definition) is 2. The number of carbonyl (C=O) groups excluding carboxylic acids is 3. The molecule has 1 aliphatic carbocycles. The topological polar surface area (TPSA) is 97.0 Å². The van der Waals surface area contributed by atoms with Crippen LogP contribution in [0.1, 0.15) is 39.5 Å². The van der Waals surface area contributed by atoms with Gasteiger partial charge in [-0.1, -0.05) is 19.8 Å². The Kier molecular flexibility index (Phi) is 6.53. The van der Waals surface area contributed by atoms with E-state index in [0.29, 0.717) is 30.2 Å². The molecule has 2 aromatic carbocycles. The van der Waals surface area contributed by atoms with E-state index in [1.807, 2.05) is 38.1 Å². The molecule has 1 aliphatic heterocycles. The van der Waals surface area contributed by atoms with Crippen LogP contribution in [0.4, 0.5) is 10.5 Å². The monoisotopic (exact) mass is 451 g/mol. The van der Waals surface area contributed by atoms with E-state index >= 15 is 0 Å². The van der Waals surface area contributed by atoms with Crippen LogP contribution in [0.5, 0.6) is 17.2 Å². The lowest BCUT2D eigenvalue weighted by molar-refractivity contribution is -0.136. The van der Waals surface area contributed by atoms with Crippen molar-refractivity contribution in [3.05, 3.63) is 48.5 Å². The first-order valence-electron chi connectivity index (χ1n) is 11.4. The lowest BCUT2D eigenvalue weighted by Crippen LogP contribution is -2.54. The number of carbonyl (C=O) groups is 3. The van der Waals surface area contributed by atoms with E-state index in [2.05, 4.69) is 10.6 Å². The van der Waals surface area contributed by atoms with Crippen LogP contribution < -0.4 is 20.1 Å². The summed E-state index contributed by atoms with van der Waals surface area (Å²) in [5, 5.41) is 5.60. The van der Waals surface area contributed by atoms with Crippen LogP contribution in [0.2, 0.25) is 0 Å². The van der Waals surface area contributed by atoms with Crippen molar-refractivity contribution >= 4 is 23.5 Å². The van der Waals surface area contributed by atoms with Gasteiger partial charge in [-0.25, -0.2) is 4.79 Å². The van der Waals surface area contributed by atoms with Gasteiger partial charge in [0.15, 0.2) is 0 Å². The van der Waals surface area contributed by atoms with Crippen molar-refractivity contribution in [2.45, 2.75) is 45.1 Å². The van der Waals surface area contributed by atoms with Crippen LogP contribution in [0.15, 0.2) is 48.5 Å². The van der Waals surface area contributed by atoms with Crippen molar-refractivity contribution in [3.8, 4) is 17.2 Å². The predicted molar refractivity (Wildman–Crippen MR) is 123 cm³/mol. The Balaban J connectivity index is 1.33. The van der Waals surface area contributed by atoms with Crippen molar-refractivity contribution < 1.29 is 23.9 Å². The second kappa shape index (κ2) is 9.52. The highest BCUT2D eigenvalue weighted by Gasteiger charge is 2.55. The van der Waals surface area contributed by atoms with E-state index in [0.717, 1.165) is 29.9 Å². The van der Waals surface area contributed by atoms with Crippen LogP contribution >= 0.6 is 0 Å². The smallest absolute Gasteiger partial charge is 0.325 e. The highest BCUT2D eigenvalue weighted by Crippen LogP contribution is 2.38. The molecule has 4 amide bonds. The number of urea groups is 1. The maximum atomic E-state index is 13.0. The van der Waals surface area contributed by atoms with Crippen LogP contribution in [-0.4, -0.2) is 41.4 Å². The second-order valence-corrected chi connectivity index (χ2v) is 8.52. The average molecular weight is 452 g/mol. The van der Waals surface area contributed by atoms with Crippen LogP contribution in [0.25, 0.3) is 0 Å². The Labute approximate surface area is 193 Å². The van der Waals surface area contributed by atoms with Gasteiger partial charge in [-0.2, -0.15) is 0 Å². The molecule has 2 aliphatic rings. The van der Waals surface area contributed by atoms with Crippen LogP contribution in [-0.2, 0) is 9.59 Å². The molecule has 33 heavy (non-hydrogen) atoms. The third kappa shape index (κ3) is 4.79. The molecule has 2 atom stereocenters. The summed E-state index contributed by atoms with van der Waals surface area (Å²) < 4.78 is 11.2. The molecule has 8 nitrogen and oxygen atoms in total. The molecule has 0 aromatic heterocycles. The first-order chi connectivity index (χ1) is 15.9. The molecular formula is C25H29N3O5. The van der Waals surface area contributed by atoms with Crippen molar-refractivity contribution in [2.24, 2.45) is 5.92 Å². The van der Waals surface area contributed by atoms with Gasteiger partial charge in [0.05, 0.1) is 6.61 Å². The molecule has 1 heterocycles. The van der Waals surface area contributed by atoms with E-state index < -0.39 is 17.5 Å². The minimum absolute atomic E-state index is 0.0543. The Morgan fingerprint density at radius 1 is 1.06 bits per heavy atom. The summed E-state index contributed by atoms with van der Waals surface area (Å²) in [6.07, 6.45) is 3.44.